The Bertz CT molecular complexity index is 907. The maximum Gasteiger partial charge on any atom is 0.374 e. The van der Waals surface area contributed by atoms with E-state index in [0.717, 1.165) is 12.8 Å². The molecular weight excluding hydrogens is 358 g/mol. The Hall–Kier alpha value is -2.45. The molecule has 0 amide bonds. The van der Waals surface area contributed by atoms with Crippen LogP contribution in [0.3, 0.4) is 0 Å². The molecule has 1 aliphatic heterocycles. The van der Waals surface area contributed by atoms with Gasteiger partial charge in [0.2, 0.25) is 15.8 Å². The van der Waals surface area contributed by atoms with Crippen molar-refractivity contribution in [2.75, 3.05) is 19.7 Å². The predicted molar refractivity (Wildman–Crippen MR) is 92.5 cm³/mol. The van der Waals surface area contributed by atoms with Gasteiger partial charge < -0.3 is 9.15 Å². The molecule has 1 fully saturated rings. The second kappa shape index (κ2) is 7.43. The van der Waals surface area contributed by atoms with Crippen LogP contribution in [-0.4, -0.2) is 44.2 Å². The highest BCUT2D eigenvalue weighted by molar-refractivity contribution is 7.89. The van der Waals surface area contributed by atoms with Gasteiger partial charge in [0.05, 0.1) is 11.2 Å². The van der Waals surface area contributed by atoms with Gasteiger partial charge in [-0.2, -0.15) is 4.31 Å². The summed E-state index contributed by atoms with van der Waals surface area (Å²) in [6.07, 6.45) is 3.08. The Labute approximate surface area is 151 Å². The summed E-state index contributed by atoms with van der Waals surface area (Å²) < 4.78 is 36.3. The van der Waals surface area contributed by atoms with Crippen molar-refractivity contribution in [2.45, 2.75) is 24.7 Å². The first-order valence-corrected chi connectivity index (χ1v) is 9.68. The van der Waals surface area contributed by atoms with Crippen LogP contribution in [0.15, 0.2) is 45.9 Å². The van der Waals surface area contributed by atoms with Crippen molar-refractivity contribution < 1.29 is 27.2 Å². The summed E-state index contributed by atoms with van der Waals surface area (Å²) in [5, 5.41) is 0. The van der Waals surface area contributed by atoms with Gasteiger partial charge in [0.15, 0.2) is 12.4 Å². The monoisotopic (exact) mass is 377 g/mol. The first kappa shape index (κ1) is 18.3. The van der Waals surface area contributed by atoms with E-state index in [2.05, 4.69) is 0 Å². The van der Waals surface area contributed by atoms with Crippen molar-refractivity contribution in [3.63, 3.8) is 0 Å². The summed E-state index contributed by atoms with van der Waals surface area (Å²) in [5.41, 5.74) is 0.897. The summed E-state index contributed by atoms with van der Waals surface area (Å²) >= 11 is 0. The van der Waals surface area contributed by atoms with Crippen LogP contribution in [0.25, 0.3) is 0 Å². The molecule has 1 aromatic heterocycles. The molecule has 0 radical (unpaired) electrons. The minimum absolute atomic E-state index is 0.0601. The van der Waals surface area contributed by atoms with Gasteiger partial charge in [-0.1, -0.05) is 0 Å². The first-order chi connectivity index (χ1) is 12.4. The third-order valence-corrected chi connectivity index (χ3v) is 6.17. The lowest BCUT2D eigenvalue weighted by molar-refractivity contribution is 0.0443. The zero-order valence-corrected chi connectivity index (χ0v) is 15.1. The number of aryl methyl sites for hydroxylation is 1. The zero-order chi connectivity index (χ0) is 18.7. The quantitative estimate of drug-likeness (QED) is 0.567. The van der Waals surface area contributed by atoms with Gasteiger partial charge in [0.25, 0.3) is 0 Å². The summed E-state index contributed by atoms with van der Waals surface area (Å²) in [6, 6.07) is 7.28. The number of nitrogens with zero attached hydrogens (tertiary/aromatic N) is 1. The Morgan fingerprint density at radius 1 is 1.12 bits per heavy atom. The van der Waals surface area contributed by atoms with Crippen molar-refractivity contribution >= 4 is 21.8 Å². The molecule has 0 saturated carbocycles. The van der Waals surface area contributed by atoms with E-state index in [1.54, 1.807) is 13.0 Å². The molecular formula is C18H19NO6S. The van der Waals surface area contributed by atoms with E-state index < -0.39 is 28.4 Å². The number of hydrogen-bond donors (Lipinski definition) is 0. The van der Waals surface area contributed by atoms with Crippen LogP contribution in [0.1, 0.15) is 39.3 Å². The number of carbonyl (C=O) groups is 2. The predicted octanol–water partition coefficient (Wildman–Crippen LogP) is 2.41. The Kier molecular flexibility index (Phi) is 5.24. The molecule has 26 heavy (non-hydrogen) atoms. The molecule has 2 aromatic rings. The number of Topliss-reactive ketones (excluding diaryl/α,β-unsaturated/α-hetero) is 1. The minimum Gasteiger partial charge on any atom is -0.457 e. The molecule has 1 saturated heterocycles. The number of ether oxygens (including phenoxy) is 1. The van der Waals surface area contributed by atoms with Crippen molar-refractivity contribution in [3.8, 4) is 0 Å². The zero-order valence-electron chi connectivity index (χ0n) is 14.3. The van der Waals surface area contributed by atoms with Gasteiger partial charge in [-0.05, 0) is 50.1 Å². The molecule has 0 spiro atoms. The summed E-state index contributed by atoms with van der Waals surface area (Å²) in [4.78, 5) is 24.1. The largest absolute Gasteiger partial charge is 0.457 e. The highest BCUT2D eigenvalue weighted by Gasteiger charge is 2.27. The van der Waals surface area contributed by atoms with E-state index in [1.807, 2.05) is 0 Å². The molecule has 3 rings (SSSR count). The maximum atomic E-state index is 12.5. The molecule has 0 bridgehead atoms. The number of furan rings is 1. The van der Waals surface area contributed by atoms with Crippen LogP contribution < -0.4 is 0 Å². The van der Waals surface area contributed by atoms with Gasteiger partial charge >= 0.3 is 5.97 Å². The molecule has 7 nitrogen and oxygen atoms in total. The van der Waals surface area contributed by atoms with Crippen LogP contribution in [0.4, 0.5) is 0 Å². The first-order valence-electron chi connectivity index (χ1n) is 8.24. The smallest absolute Gasteiger partial charge is 0.374 e. The minimum atomic E-state index is -3.52. The number of sulfonamides is 1. The van der Waals surface area contributed by atoms with Gasteiger partial charge in [0.1, 0.15) is 0 Å². The maximum absolute atomic E-state index is 12.5. The lowest BCUT2D eigenvalue weighted by atomic mass is 10.1. The average molecular weight is 377 g/mol. The molecule has 2 heterocycles. The Morgan fingerprint density at radius 2 is 1.77 bits per heavy atom. The molecule has 0 N–H and O–H groups in total. The standard InChI is InChI=1S/C18H19NO6S/c1-13-8-11-24-17(13)18(21)25-12-16(20)14-4-6-15(7-5-14)26(22,23)19-9-2-3-10-19/h4-8,11H,2-3,9-10,12H2,1H3. The summed E-state index contributed by atoms with van der Waals surface area (Å²) in [6.45, 7) is 2.29. The van der Waals surface area contributed by atoms with E-state index in [4.69, 9.17) is 9.15 Å². The van der Waals surface area contributed by atoms with Crippen LogP contribution in [0.5, 0.6) is 0 Å². The molecule has 0 aliphatic carbocycles. The second-order valence-corrected chi connectivity index (χ2v) is 8.01. The lowest BCUT2D eigenvalue weighted by Gasteiger charge is -2.15. The van der Waals surface area contributed by atoms with Crippen molar-refractivity contribution in [3.05, 3.63) is 53.5 Å². The molecule has 0 atom stereocenters. The van der Waals surface area contributed by atoms with Crippen LogP contribution in [0, 0.1) is 6.92 Å². The highest BCUT2D eigenvalue weighted by atomic mass is 32.2. The van der Waals surface area contributed by atoms with E-state index in [1.165, 1.54) is 34.8 Å². The fraction of sp³-hybridized carbons (Fsp3) is 0.333. The van der Waals surface area contributed by atoms with Crippen molar-refractivity contribution in [1.82, 2.24) is 4.31 Å². The molecule has 138 valence electrons. The number of ketones is 1. The number of hydrogen-bond acceptors (Lipinski definition) is 6. The van der Waals surface area contributed by atoms with E-state index in [0.29, 0.717) is 18.7 Å². The lowest BCUT2D eigenvalue weighted by Crippen LogP contribution is -2.27. The Balaban J connectivity index is 1.64. The number of benzene rings is 1. The van der Waals surface area contributed by atoms with Crippen LogP contribution in [-0.2, 0) is 14.8 Å². The average Bonchev–Trinajstić information content (AvgIpc) is 3.31. The van der Waals surface area contributed by atoms with Crippen LogP contribution >= 0.6 is 0 Å². The summed E-state index contributed by atoms with van der Waals surface area (Å²) in [5.74, 6) is -1.08. The topological polar surface area (TPSA) is 93.9 Å². The van der Waals surface area contributed by atoms with Crippen LogP contribution in [0.2, 0.25) is 0 Å². The number of rotatable bonds is 6. The second-order valence-electron chi connectivity index (χ2n) is 6.07. The van der Waals surface area contributed by atoms with Gasteiger partial charge in [-0.25, -0.2) is 13.2 Å². The van der Waals surface area contributed by atoms with Crippen molar-refractivity contribution in [1.29, 1.82) is 0 Å². The normalized spacial score (nSPS) is 15.1. The highest BCUT2D eigenvalue weighted by Crippen LogP contribution is 2.21. The Morgan fingerprint density at radius 3 is 2.35 bits per heavy atom. The van der Waals surface area contributed by atoms with Crippen molar-refractivity contribution in [2.24, 2.45) is 0 Å². The fourth-order valence-electron chi connectivity index (χ4n) is 2.75. The molecule has 8 heteroatoms. The molecule has 1 aromatic carbocycles. The van der Waals surface area contributed by atoms with Gasteiger partial charge in [-0.3, -0.25) is 4.79 Å². The third kappa shape index (κ3) is 3.71. The fourth-order valence-corrected chi connectivity index (χ4v) is 4.27. The third-order valence-electron chi connectivity index (χ3n) is 4.26. The van der Waals surface area contributed by atoms with Gasteiger partial charge in [0, 0.05) is 24.2 Å². The van der Waals surface area contributed by atoms with E-state index in [-0.39, 0.29) is 16.2 Å². The van der Waals surface area contributed by atoms with E-state index in [9.17, 15) is 18.0 Å². The summed E-state index contributed by atoms with van der Waals surface area (Å²) in [7, 11) is -3.52. The number of esters is 1. The SMILES string of the molecule is Cc1ccoc1C(=O)OCC(=O)c1ccc(S(=O)(=O)N2CCCC2)cc1. The van der Waals surface area contributed by atoms with Gasteiger partial charge in [-0.15, -0.1) is 0 Å². The van der Waals surface area contributed by atoms with E-state index >= 15 is 0 Å². The molecule has 0 unspecified atom stereocenters. The number of carbonyl (C=O) groups excluding carboxylic acids is 2. The molecule has 1 aliphatic rings.